The summed E-state index contributed by atoms with van der Waals surface area (Å²) in [5.41, 5.74) is 9.86. The first kappa shape index (κ1) is 22.4. The van der Waals surface area contributed by atoms with Crippen molar-refractivity contribution in [2.45, 2.75) is 0 Å². The lowest BCUT2D eigenvalue weighted by Gasteiger charge is -2.14. The molecule has 208 valence electrons. The number of hydrogen-bond acceptors (Lipinski definition) is 2. The van der Waals surface area contributed by atoms with Gasteiger partial charge in [-0.15, -0.1) is 0 Å². The Balaban J connectivity index is -0.00000100. The molecule has 0 saturated heterocycles. The number of furan rings is 1. The quantitative estimate of drug-likeness (QED) is 0.227. The Bertz CT molecular complexity index is 2280. The number of nitriles is 1. The van der Waals surface area contributed by atoms with Crippen molar-refractivity contribution < 1.29 is 20.1 Å². The van der Waals surface area contributed by atoms with Gasteiger partial charge in [0.15, 0.2) is 0 Å². The van der Waals surface area contributed by atoms with Crippen LogP contribution in [0, 0.1) is 11.3 Å². The maximum Gasteiger partial charge on any atom is 0.135 e. The standard InChI is InChI=1S/C37H22N2O.11H2/c38-23-25-9-1-2-10-29(25)27-19-26(24-17-18-37-33(22-24)32-13-5-8-16-36(32)40-37)20-28(21-27)39-34-14-6-3-11-30(34)31-12-4-7-15-35(31)39;;;;;;;;;;;/h1-22H;11*1H. The molecule has 8 aromatic rings. The Morgan fingerprint density at radius 3 is 1.93 bits per heavy atom. The van der Waals surface area contributed by atoms with Crippen molar-refractivity contribution in [1.29, 1.82) is 5.26 Å². The molecule has 6 aromatic carbocycles. The van der Waals surface area contributed by atoms with Crippen LogP contribution < -0.4 is 0 Å². The minimum atomic E-state index is 0. The molecule has 0 spiro atoms. The van der Waals surface area contributed by atoms with Crippen molar-refractivity contribution in [1.82, 2.24) is 4.57 Å². The van der Waals surface area contributed by atoms with E-state index in [2.05, 4.69) is 102 Å². The molecule has 2 heterocycles. The summed E-state index contributed by atoms with van der Waals surface area (Å²) < 4.78 is 8.44. The van der Waals surface area contributed by atoms with Crippen molar-refractivity contribution in [2.24, 2.45) is 0 Å². The van der Waals surface area contributed by atoms with E-state index in [1.165, 1.54) is 10.8 Å². The van der Waals surface area contributed by atoms with Crippen LogP contribution in [0.1, 0.15) is 21.3 Å². The summed E-state index contributed by atoms with van der Waals surface area (Å²) in [5, 5.41) is 14.6. The smallest absolute Gasteiger partial charge is 0.135 e. The molecule has 0 aliphatic rings. The van der Waals surface area contributed by atoms with E-state index in [9.17, 15) is 5.26 Å². The molecule has 2 aromatic heterocycles. The third kappa shape index (κ3) is 3.37. The van der Waals surface area contributed by atoms with Gasteiger partial charge in [0.1, 0.15) is 11.2 Å². The van der Waals surface area contributed by atoms with E-state index in [4.69, 9.17) is 4.42 Å². The summed E-state index contributed by atoms with van der Waals surface area (Å²) in [6, 6.07) is 48.5. The van der Waals surface area contributed by atoms with E-state index in [1.54, 1.807) is 0 Å². The highest BCUT2D eigenvalue weighted by Crippen LogP contribution is 2.38. The number of aromatic nitrogens is 1. The molecule has 0 atom stereocenters. The van der Waals surface area contributed by atoms with Gasteiger partial charge in [-0.2, -0.15) is 5.26 Å². The Morgan fingerprint density at radius 2 is 1.15 bits per heavy atom. The summed E-state index contributed by atoms with van der Waals surface area (Å²) in [4.78, 5) is 0. The van der Waals surface area contributed by atoms with E-state index in [-0.39, 0.29) is 15.7 Å². The lowest BCUT2D eigenvalue weighted by Crippen LogP contribution is -1.96. The van der Waals surface area contributed by atoms with E-state index in [1.807, 2.05) is 42.5 Å². The van der Waals surface area contributed by atoms with Crippen LogP contribution in [-0.2, 0) is 0 Å². The van der Waals surface area contributed by atoms with Gasteiger partial charge >= 0.3 is 0 Å². The van der Waals surface area contributed by atoms with Gasteiger partial charge < -0.3 is 8.98 Å². The summed E-state index contributed by atoms with van der Waals surface area (Å²) >= 11 is 0. The van der Waals surface area contributed by atoms with Gasteiger partial charge in [-0.3, -0.25) is 0 Å². The molecule has 8 rings (SSSR count). The molecule has 0 fully saturated rings. The highest BCUT2D eigenvalue weighted by molar-refractivity contribution is 6.09. The second-order valence-corrected chi connectivity index (χ2v) is 10.1. The van der Waals surface area contributed by atoms with Crippen molar-refractivity contribution in [3.8, 4) is 34.0 Å². The molecule has 0 aliphatic carbocycles. The van der Waals surface area contributed by atoms with Crippen molar-refractivity contribution in [3.63, 3.8) is 0 Å². The fourth-order valence-corrected chi connectivity index (χ4v) is 6.00. The Labute approximate surface area is 247 Å². The molecule has 0 radical (unpaired) electrons. The van der Waals surface area contributed by atoms with E-state index in [0.717, 1.165) is 60.9 Å². The largest absolute Gasteiger partial charge is 0.456 e. The van der Waals surface area contributed by atoms with Crippen LogP contribution in [0.3, 0.4) is 0 Å². The van der Waals surface area contributed by atoms with Crippen LogP contribution in [0.4, 0.5) is 0 Å². The Kier molecular flexibility index (Phi) is 4.89. The molecule has 40 heavy (non-hydrogen) atoms. The van der Waals surface area contributed by atoms with Gasteiger partial charge in [0, 0.05) is 42.9 Å². The maximum atomic E-state index is 9.93. The van der Waals surface area contributed by atoms with E-state index < -0.39 is 0 Å². The molecule has 0 N–H and O–H groups in total. The minimum absolute atomic E-state index is 0. The fraction of sp³-hybridized carbons (Fsp3) is 0. The topological polar surface area (TPSA) is 41.9 Å². The third-order valence-electron chi connectivity index (χ3n) is 7.82. The first-order chi connectivity index (χ1) is 19.8. The second kappa shape index (κ2) is 8.73. The van der Waals surface area contributed by atoms with Crippen LogP contribution in [-0.4, -0.2) is 4.57 Å². The first-order valence-electron chi connectivity index (χ1n) is 13.3. The summed E-state index contributed by atoms with van der Waals surface area (Å²) in [7, 11) is 0. The third-order valence-corrected chi connectivity index (χ3v) is 7.82. The van der Waals surface area contributed by atoms with Gasteiger partial charge in [-0.05, 0) is 76.9 Å². The summed E-state index contributed by atoms with van der Waals surface area (Å²) in [6.07, 6.45) is 0. The molecule has 0 amide bonds. The molecule has 0 aliphatic heterocycles. The van der Waals surface area contributed by atoms with Crippen LogP contribution >= 0.6 is 0 Å². The van der Waals surface area contributed by atoms with E-state index >= 15 is 0 Å². The Hall–Kier alpha value is -5.59. The molecule has 3 nitrogen and oxygen atoms in total. The van der Waals surface area contributed by atoms with Crippen LogP contribution in [0.25, 0.3) is 71.7 Å². The lowest BCUT2D eigenvalue weighted by molar-refractivity contribution is 0.669. The van der Waals surface area contributed by atoms with Crippen molar-refractivity contribution in [2.75, 3.05) is 0 Å². The molecule has 0 bridgehead atoms. The van der Waals surface area contributed by atoms with Gasteiger partial charge in [0.25, 0.3) is 0 Å². The zero-order valence-electron chi connectivity index (χ0n) is 21.5. The van der Waals surface area contributed by atoms with Crippen LogP contribution in [0.5, 0.6) is 0 Å². The number of nitrogens with zero attached hydrogens (tertiary/aromatic N) is 2. The summed E-state index contributed by atoms with van der Waals surface area (Å²) in [5.74, 6) is 0. The molecular formula is C37H44N2O. The fourth-order valence-electron chi connectivity index (χ4n) is 6.00. The maximum absolute atomic E-state index is 9.93. The Morgan fingerprint density at radius 1 is 0.525 bits per heavy atom. The lowest BCUT2D eigenvalue weighted by atomic mass is 9.94. The highest BCUT2D eigenvalue weighted by Gasteiger charge is 2.16. The molecule has 3 heteroatoms. The van der Waals surface area contributed by atoms with Crippen LogP contribution in [0.2, 0.25) is 0 Å². The SMILES string of the molecule is N#Cc1ccccc1-c1cc(-c2ccc3oc4ccccc4c3c2)cc(-n2c3ccccc3c3ccccc32)c1.[HH].[HH].[HH].[HH].[HH].[HH].[HH].[HH].[HH].[HH].[HH]. The predicted molar refractivity (Wildman–Crippen MR) is 187 cm³/mol. The zero-order valence-corrected chi connectivity index (χ0v) is 21.5. The second-order valence-electron chi connectivity index (χ2n) is 10.1. The van der Waals surface area contributed by atoms with Gasteiger partial charge in [-0.25, -0.2) is 0 Å². The van der Waals surface area contributed by atoms with Crippen molar-refractivity contribution in [3.05, 3.63) is 139 Å². The normalized spacial score (nSPS) is 11.5. The number of fused-ring (bicyclic) bond motifs is 6. The molecular weight excluding hydrogens is 488 g/mol. The number of benzene rings is 6. The first-order valence-corrected chi connectivity index (χ1v) is 13.3. The highest BCUT2D eigenvalue weighted by atomic mass is 16.3. The van der Waals surface area contributed by atoms with E-state index in [0.29, 0.717) is 5.56 Å². The number of rotatable bonds is 3. The number of hydrogen-bond donors (Lipinski definition) is 0. The number of para-hydroxylation sites is 3. The van der Waals surface area contributed by atoms with Gasteiger partial charge in [-0.1, -0.05) is 78.9 Å². The van der Waals surface area contributed by atoms with Crippen LogP contribution in [0.15, 0.2) is 138 Å². The monoisotopic (exact) mass is 532 g/mol. The van der Waals surface area contributed by atoms with Crippen molar-refractivity contribution >= 4 is 43.7 Å². The minimum Gasteiger partial charge on any atom is -0.456 e. The summed E-state index contributed by atoms with van der Waals surface area (Å²) in [6.45, 7) is 0. The average Bonchev–Trinajstić information content (AvgIpc) is 3.56. The molecule has 0 saturated carbocycles. The van der Waals surface area contributed by atoms with Gasteiger partial charge in [0.2, 0.25) is 0 Å². The zero-order chi connectivity index (χ0) is 26.6. The predicted octanol–water partition coefficient (Wildman–Crippen LogP) is 12.6. The molecule has 0 unspecified atom stereocenters. The average molecular weight is 533 g/mol. The van der Waals surface area contributed by atoms with Gasteiger partial charge in [0.05, 0.1) is 22.7 Å².